The Hall–Kier alpha value is -2.97. The monoisotopic (exact) mass is 436 g/mol. The lowest BCUT2D eigenvalue weighted by Crippen LogP contribution is -2.23. The molecule has 3 aromatic rings. The molecule has 5 rings (SSSR count). The van der Waals surface area contributed by atoms with E-state index in [2.05, 4.69) is 56.8 Å². The molecule has 1 fully saturated rings. The number of nitrogens with one attached hydrogen (secondary N) is 1. The molecule has 1 N–H and O–H groups in total. The number of benzene rings is 2. The van der Waals surface area contributed by atoms with Crippen molar-refractivity contribution in [2.24, 2.45) is 0 Å². The van der Waals surface area contributed by atoms with E-state index in [-0.39, 0.29) is 5.91 Å². The zero-order valence-corrected chi connectivity index (χ0v) is 18.2. The van der Waals surface area contributed by atoms with Crippen LogP contribution in [0.1, 0.15) is 36.9 Å². The highest BCUT2D eigenvalue weighted by Crippen LogP contribution is 2.38. The number of carbonyl (C=O) groups is 1. The predicted octanol–water partition coefficient (Wildman–Crippen LogP) is 4.27. The van der Waals surface area contributed by atoms with Crippen LogP contribution in [0.25, 0.3) is 10.6 Å². The van der Waals surface area contributed by atoms with E-state index in [1.54, 1.807) is 0 Å². The van der Waals surface area contributed by atoms with Crippen LogP contribution in [0.5, 0.6) is 11.5 Å². The molecule has 160 valence electrons. The van der Waals surface area contributed by atoms with E-state index >= 15 is 0 Å². The first kappa shape index (κ1) is 20.0. The molecule has 7 nitrogen and oxygen atoms in total. The lowest BCUT2D eigenvalue weighted by molar-refractivity contribution is -0.114. The summed E-state index contributed by atoms with van der Waals surface area (Å²) in [4.78, 5) is 13.7. The summed E-state index contributed by atoms with van der Waals surface area (Å²) in [5.74, 6) is 1.56. The first-order chi connectivity index (χ1) is 15.2. The first-order valence-corrected chi connectivity index (χ1v) is 11.3. The van der Waals surface area contributed by atoms with Crippen LogP contribution in [0.3, 0.4) is 0 Å². The molecule has 0 bridgehead atoms. The van der Waals surface area contributed by atoms with Gasteiger partial charge in [-0.1, -0.05) is 41.7 Å². The fraction of sp³-hybridized carbons (Fsp3) is 0.348. The second-order valence-electron chi connectivity index (χ2n) is 7.82. The number of hydrogen-bond acceptors (Lipinski definition) is 7. The van der Waals surface area contributed by atoms with Crippen molar-refractivity contribution in [2.45, 2.75) is 32.4 Å². The van der Waals surface area contributed by atoms with Crippen LogP contribution in [-0.2, 0) is 11.3 Å². The molecule has 1 saturated heterocycles. The van der Waals surface area contributed by atoms with E-state index in [0.717, 1.165) is 41.6 Å². The fourth-order valence-corrected chi connectivity index (χ4v) is 4.98. The smallest absolute Gasteiger partial charge is 0.223 e. The Morgan fingerprint density at radius 1 is 1.13 bits per heavy atom. The van der Waals surface area contributed by atoms with Crippen LogP contribution in [0, 0.1) is 0 Å². The minimum Gasteiger partial charge on any atom is -0.486 e. The van der Waals surface area contributed by atoms with Gasteiger partial charge in [0.25, 0.3) is 0 Å². The molecule has 2 aliphatic rings. The minimum absolute atomic E-state index is 0.142. The number of anilines is 1. The Morgan fingerprint density at radius 3 is 2.74 bits per heavy atom. The van der Waals surface area contributed by atoms with Gasteiger partial charge < -0.3 is 14.8 Å². The number of likely N-dealkylation sites (tertiary alicyclic amines) is 1. The Morgan fingerprint density at radius 2 is 1.94 bits per heavy atom. The number of fused-ring (bicyclic) bond motifs is 1. The third-order valence-electron chi connectivity index (χ3n) is 5.61. The lowest BCUT2D eigenvalue weighted by Gasteiger charge is -2.26. The molecule has 0 radical (unpaired) electrons. The highest BCUT2D eigenvalue weighted by Gasteiger charge is 2.27. The number of carbonyl (C=O) groups excluding carboxylic acids is 1. The van der Waals surface area contributed by atoms with Crippen LogP contribution in [-0.4, -0.2) is 40.8 Å². The third kappa shape index (κ3) is 4.40. The summed E-state index contributed by atoms with van der Waals surface area (Å²) < 4.78 is 11.4. The molecule has 31 heavy (non-hydrogen) atoms. The molecule has 8 heteroatoms. The van der Waals surface area contributed by atoms with E-state index in [1.807, 2.05) is 6.07 Å². The van der Waals surface area contributed by atoms with Crippen molar-refractivity contribution in [1.82, 2.24) is 15.1 Å². The van der Waals surface area contributed by atoms with E-state index < -0.39 is 0 Å². The number of nitrogens with zero attached hydrogens (tertiary/aromatic N) is 3. The number of ether oxygens (including phenoxy) is 2. The molecular formula is C23H24N4O3S. The molecule has 0 spiro atoms. The Kier molecular flexibility index (Phi) is 5.57. The molecule has 2 aromatic carbocycles. The van der Waals surface area contributed by atoms with Gasteiger partial charge >= 0.3 is 0 Å². The number of hydrogen-bond donors (Lipinski definition) is 1. The van der Waals surface area contributed by atoms with Crippen molar-refractivity contribution in [2.75, 3.05) is 25.1 Å². The average Bonchev–Trinajstić information content (AvgIpc) is 3.43. The first-order valence-electron chi connectivity index (χ1n) is 10.5. The Bertz CT molecular complexity index is 1080. The number of aromatic nitrogens is 2. The van der Waals surface area contributed by atoms with Gasteiger partial charge in [0.2, 0.25) is 11.0 Å². The van der Waals surface area contributed by atoms with Crippen molar-refractivity contribution >= 4 is 22.4 Å². The van der Waals surface area contributed by atoms with Crippen molar-refractivity contribution in [1.29, 1.82) is 0 Å². The van der Waals surface area contributed by atoms with E-state index in [0.29, 0.717) is 24.4 Å². The third-order valence-corrected chi connectivity index (χ3v) is 6.50. The zero-order chi connectivity index (χ0) is 21.2. The molecule has 1 aromatic heterocycles. The van der Waals surface area contributed by atoms with Crippen molar-refractivity contribution in [3.8, 4) is 22.1 Å². The van der Waals surface area contributed by atoms with Gasteiger partial charge in [-0.05, 0) is 42.6 Å². The van der Waals surface area contributed by atoms with Crippen LogP contribution >= 0.6 is 11.3 Å². The summed E-state index contributed by atoms with van der Waals surface area (Å²) in [6.07, 6.45) is 2.34. The zero-order valence-electron chi connectivity index (χ0n) is 17.3. The van der Waals surface area contributed by atoms with E-state index in [9.17, 15) is 4.79 Å². The summed E-state index contributed by atoms with van der Waals surface area (Å²) in [7, 11) is 0. The van der Waals surface area contributed by atoms with Gasteiger partial charge in [0.05, 0.1) is 0 Å². The van der Waals surface area contributed by atoms with E-state index in [1.165, 1.54) is 35.8 Å². The van der Waals surface area contributed by atoms with Crippen molar-refractivity contribution in [3.05, 3.63) is 53.6 Å². The SMILES string of the molecule is CC(=O)Nc1nnc(-c2ccc(CN3CCC[C@H]3c3ccc4c(c3)OCCO4)cc2)s1. The second-order valence-corrected chi connectivity index (χ2v) is 8.80. The summed E-state index contributed by atoms with van der Waals surface area (Å²) in [6.45, 7) is 4.66. The normalized spacial score (nSPS) is 18.2. The highest BCUT2D eigenvalue weighted by molar-refractivity contribution is 7.18. The summed E-state index contributed by atoms with van der Waals surface area (Å²) in [5, 5.41) is 12.2. The topological polar surface area (TPSA) is 76.6 Å². The molecule has 1 atom stereocenters. The molecular weight excluding hydrogens is 412 g/mol. The van der Waals surface area contributed by atoms with Crippen LogP contribution in [0.4, 0.5) is 5.13 Å². The molecule has 0 saturated carbocycles. The Balaban J connectivity index is 1.28. The number of rotatable bonds is 5. The maximum atomic E-state index is 11.2. The molecule has 3 heterocycles. The molecule has 0 aliphatic carbocycles. The van der Waals surface area contributed by atoms with Crippen LogP contribution in [0.15, 0.2) is 42.5 Å². The predicted molar refractivity (Wildman–Crippen MR) is 119 cm³/mol. The van der Waals surface area contributed by atoms with Gasteiger partial charge in [-0.2, -0.15) is 0 Å². The number of amides is 1. The standard InChI is InChI=1S/C23H24N4O3S/c1-15(28)24-23-26-25-22(31-23)17-6-4-16(5-7-17)14-27-10-2-3-19(27)18-8-9-20-21(13-18)30-12-11-29-20/h4-9,13,19H,2-3,10-12,14H2,1H3,(H,24,26,28)/t19-/m0/s1. The summed E-state index contributed by atoms with van der Waals surface area (Å²) in [6, 6.07) is 15.2. The molecule has 0 unspecified atom stereocenters. The van der Waals surface area contributed by atoms with Crippen LogP contribution in [0.2, 0.25) is 0 Å². The highest BCUT2D eigenvalue weighted by atomic mass is 32.1. The molecule has 1 amide bonds. The van der Waals surface area contributed by atoms with Gasteiger partial charge in [-0.15, -0.1) is 10.2 Å². The summed E-state index contributed by atoms with van der Waals surface area (Å²) in [5.41, 5.74) is 3.56. The van der Waals surface area contributed by atoms with Crippen molar-refractivity contribution in [3.63, 3.8) is 0 Å². The van der Waals surface area contributed by atoms with Gasteiger partial charge in [0.1, 0.15) is 18.2 Å². The minimum atomic E-state index is -0.142. The van der Waals surface area contributed by atoms with Crippen molar-refractivity contribution < 1.29 is 14.3 Å². The Labute approximate surface area is 185 Å². The largest absolute Gasteiger partial charge is 0.486 e. The fourth-order valence-electron chi connectivity index (χ4n) is 4.19. The quantitative estimate of drug-likeness (QED) is 0.644. The average molecular weight is 437 g/mol. The van der Waals surface area contributed by atoms with Gasteiger partial charge in [0, 0.05) is 25.1 Å². The summed E-state index contributed by atoms with van der Waals surface area (Å²) >= 11 is 1.38. The van der Waals surface area contributed by atoms with Gasteiger partial charge in [-0.3, -0.25) is 9.69 Å². The second kappa shape index (κ2) is 8.64. The van der Waals surface area contributed by atoms with Gasteiger partial charge in [0.15, 0.2) is 11.5 Å². The van der Waals surface area contributed by atoms with E-state index in [4.69, 9.17) is 9.47 Å². The lowest BCUT2D eigenvalue weighted by atomic mass is 10.0. The van der Waals surface area contributed by atoms with Crippen LogP contribution < -0.4 is 14.8 Å². The van der Waals surface area contributed by atoms with Gasteiger partial charge in [-0.25, -0.2) is 0 Å². The maximum Gasteiger partial charge on any atom is 0.223 e. The molecule has 2 aliphatic heterocycles. The maximum absolute atomic E-state index is 11.2.